The van der Waals surface area contributed by atoms with Crippen molar-refractivity contribution in [3.05, 3.63) is 82.7 Å². The minimum atomic E-state index is -0.115. The van der Waals surface area contributed by atoms with E-state index in [-0.39, 0.29) is 18.1 Å². The van der Waals surface area contributed by atoms with Gasteiger partial charge in [-0.2, -0.15) is 0 Å². The highest BCUT2D eigenvalue weighted by Crippen LogP contribution is 2.31. The summed E-state index contributed by atoms with van der Waals surface area (Å²) in [6.07, 6.45) is 2.94. The van der Waals surface area contributed by atoms with Crippen LogP contribution >= 0.6 is 11.3 Å². The van der Waals surface area contributed by atoms with E-state index < -0.39 is 0 Å². The van der Waals surface area contributed by atoms with Gasteiger partial charge in [-0.15, -0.1) is 11.3 Å². The van der Waals surface area contributed by atoms with Crippen molar-refractivity contribution < 1.29 is 9.53 Å². The Labute approximate surface area is 198 Å². The van der Waals surface area contributed by atoms with E-state index in [0.717, 1.165) is 59.2 Å². The van der Waals surface area contributed by atoms with E-state index in [0.29, 0.717) is 5.01 Å². The third-order valence-electron chi connectivity index (χ3n) is 6.52. The van der Waals surface area contributed by atoms with Gasteiger partial charge in [0.25, 0.3) is 5.91 Å². The van der Waals surface area contributed by atoms with Gasteiger partial charge >= 0.3 is 0 Å². The van der Waals surface area contributed by atoms with Crippen molar-refractivity contribution in [2.45, 2.75) is 45.3 Å². The minimum absolute atomic E-state index is 0.0119. The third-order valence-corrected chi connectivity index (χ3v) is 7.35. The lowest BCUT2D eigenvalue weighted by Gasteiger charge is -2.38. The maximum absolute atomic E-state index is 13.5. The van der Waals surface area contributed by atoms with Crippen LogP contribution in [0.1, 0.15) is 41.6 Å². The highest BCUT2D eigenvalue weighted by atomic mass is 32.1. The molecule has 1 aliphatic heterocycles. The van der Waals surface area contributed by atoms with E-state index in [2.05, 4.69) is 44.2 Å². The number of hydrogen-bond acceptors (Lipinski definition) is 4. The van der Waals surface area contributed by atoms with Gasteiger partial charge in [-0.1, -0.05) is 60.7 Å². The summed E-state index contributed by atoms with van der Waals surface area (Å²) in [6.45, 7) is 4.90. The van der Waals surface area contributed by atoms with Crippen LogP contribution in [0.3, 0.4) is 0 Å². The fourth-order valence-corrected chi connectivity index (χ4v) is 5.53. The fraction of sp³-hybridized carbons (Fsp3) is 0.286. The topological polar surface area (TPSA) is 42.4 Å². The predicted octanol–water partition coefficient (Wildman–Crippen LogP) is 6.73. The number of aromatic nitrogens is 1. The van der Waals surface area contributed by atoms with Gasteiger partial charge in [-0.05, 0) is 50.1 Å². The average molecular weight is 457 g/mol. The van der Waals surface area contributed by atoms with Gasteiger partial charge in [-0.3, -0.25) is 4.79 Å². The lowest BCUT2D eigenvalue weighted by atomic mass is 9.97. The Kier molecular flexibility index (Phi) is 6.14. The first-order valence-electron chi connectivity index (χ1n) is 11.6. The molecule has 4 nitrogen and oxygen atoms in total. The smallest absolute Gasteiger partial charge is 0.283 e. The first-order valence-corrected chi connectivity index (χ1v) is 12.5. The van der Waals surface area contributed by atoms with E-state index in [4.69, 9.17) is 9.72 Å². The maximum Gasteiger partial charge on any atom is 0.283 e. The summed E-state index contributed by atoms with van der Waals surface area (Å²) in [7, 11) is 0. The molecular weight excluding hydrogens is 428 g/mol. The van der Waals surface area contributed by atoms with Crippen LogP contribution in [0.5, 0.6) is 5.75 Å². The Morgan fingerprint density at radius 2 is 1.85 bits per heavy atom. The molecule has 1 aromatic heterocycles. The standard InChI is InChI=1S/C28H28N2O2S/c1-19-10-3-5-13-22(19)24-18-33-27(29-24)28(31)30-17-8-7-15-25(30)20(2)32-26-16-9-12-21-11-4-6-14-23(21)26/h3-6,9-14,16,18,20,25H,7-8,15,17H2,1-2H3. The van der Waals surface area contributed by atoms with Crippen molar-refractivity contribution in [2.24, 2.45) is 0 Å². The Bertz CT molecular complexity index is 1280. The molecule has 1 amide bonds. The second kappa shape index (κ2) is 9.36. The Hall–Kier alpha value is -3.18. The van der Waals surface area contributed by atoms with E-state index in [9.17, 15) is 4.79 Å². The van der Waals surface area contributed by atoms with Crippen LogP contribution in [0.2, 0.25) is 0 Å². The Balaban J connectivity index is 1.37. The fourth-order valence-electron chi connectivity index (χ4n) is 4.75. The van der Waals surface area contributed by atoms with Gasteiger partial charge in [0.2, 0.25) is 0 Å². The second-order valence-electron chi connectivity index (χ2n) is 8.71. The zero-order valence-corrected chi connectivity index (χ0v) is 19.8. The summed E-state index contributed by atoms with van der Waals surface area (Å²) in [5.74, 6) is 0.882. The van der Waals surface area contributed by atoms with Gasteiger partial charge < -0.3 is 9.64 Å². The number of carbonyl (C=O) groups excluding carboxylic acids is 1. The first kappa shape index (κ1) is 21.7. The molecule has 168 valence electrons. The summed E-state index contributed by atoms with van der Waals surface area (Å²) in [5, 5.41) is 4.80. The zero-order chi connectivity index (χ0) is 22.8. The number of rotatable bonds is 5. The van der Waals surface area contributed by atoms with Crippen molar-refractivity contribution in [1.29, 1.82) is 0 Å². The molecule has 5 rings (SSSR count). The summed E-state index contributed by atoms with van der Waals surface area (Å²) >= 11 is 1.43. The van der Waals surface area contributed by atoms with Crippen molar-refractivity contribution in [3.8, 4) is 17.0 Å². The molecule has 0 saturated carbocycles. The van der Waals surface area contributed by atoms with Crippen LogP contribution in [0, 0.1) is 6.92 Å². The number of thiazole rings is 1. The number of benzene rings is 3. The Morgan fingerprint density at radius 3 is 2.73 bits per heavy atom. The van der Waals surface area contributed by atoms with Crippen LogP contribution < -0.4 is 4.74 Å². The van der Waals surface area contributed by atoms with Gasteiger partial charge in [0.05, 0.1) is 11.7 Å². The van der Waals surface area contributed by atoms with E-state index in [1.807, 2.05) is 46.7 Å². The van der Waals surface area contributed by atoms with Crippen LogP contribution in [0.4, 0.5) is 0 Å². The lowest BCUT2D eigenvalue weighted by molar-refractivity contribution is 0.0357. The van der Waals surface area contributed by atoms with Crippen molar-refractivity contribution in [1.82, 2.24) is 9.88 Å². The summed E-state index contributed by atoms with van der Waals surface area (Å²) in [6, 6.07) is 22.6. The molecule has 1 saturated heterocycles. The summed E-state index contributed by atoms with van der Waals surface area (Å²) < 4.78 is 6.46. The molecule has 0 radical (unpaired) electrons. The Morgan fingerprint density at radius 1 is 1.06 bits per heavy atom. The summed E-state index contributed by atoms with van der Waals surface area (Å²) in [4.78, 5) is 20.2. The van der Waals surface area contributed by atoms with Crippen LogP contribution in [-0.4, -0.2) is 34.5 Å². The van der Waals surface area contributed by atoms with E-state index >= 15 is 0 Å². The monoisotopic (exact) mass is 456 g/mol. The molecule has 0 aliphatic carbocycles. The lowest BCUT2D eigenvalue weighted by Crippen LogP contribution is -2.50. The van der Waals surface area contributed by atoms with Crippen molar-refractivity contribution >= 4 is 28.0 Å². The molecule has 2 heterocycles. The highest BCUT2D eigenvalue weighted by molar-refractivity contribution is 7.12. The van der Waals surface area contributed by atoms with Gasteiger partial charge in [0.15, 0.2) is 5.01 Å². The number of fused-ring (bicyclic) bond motifs is 1. The molecule has 5 heteroatoms. The quantitative estimate of drug-likeness (QED) is 0.334. The number of ether oxygens (including phenoxy) is 1. The van der Waals surface area contributed by atoms with E-state index in [1.54, 1.807) is 0 Å². The number of carbonyl (C=O) groups is 1. The molecule has 33 heavy (non-hydrogen) atoms. The van der Waals surface area contributed by atoms with Gasteiger partial charge in [0.1, 0.15) is 11.9 Å². The van der Waals surface area contributed by atoms with E-state index in [1.165, 1.54) is 11.3 Å². The number of aryl methyl sites for hydroxylation is 1. The molecule has 0 N–H and O–H groups in total. The van der Waals surface area contributed by atoms with Crippen molar-refractivity contribution in [2.75, 3.05) is 6.54 Å². The highest BCUT2D eigenvalue weighted by Gasteiger charge is 2.34. The maximum atomic E-state index is 13.5. The number of hydrogen-bond donors (Lipinski definition) is 0. The van der Waals surface area contributed by atoms with Crippen molar-refractivity contribution in [3.63, 3.8) is 0 Å². The summed E-state index contributed by atoms with van der Waals surface area (Å²) in [5.41, 5.74) is 3.11. The molecule has 4 aromatic rings. The third kappa shape index (κ3) is 4.38. The number of nitrogens with zero attached hydrogens (tertiary/aromatic N) is 2. The SMILES string of the molecule is Cc1ccccc1-c1csc(C(=O)N2CCCCC2C(C)Oc2cccc3ccccc23)n1. The molecule has 0 bridgehead atoms. The van der Waals surface area contributed by atoms with Gasteiger partial charge in [-0.25, -0.2) is 4.98 Å². The second-order valence-corrected chi connectivity index (χ2v) is 9.57. The normalized spacial score (nSPS) is 17.2. The predicted molar refractivity (Wildman–Crippen MR) is 135 cm³/mol. The zero-order valence-electron chi connectivity index (χ0n) is 19.0. The molecular formula is C28H28N2O2S. The average Bonchev–Trinajstić information content (AvgIpc) is 3.34. The first-order chi connectivity index (χ1) is 16.1. The number of likely N-dealkylation sites (tertiary alicyclic amines) is 1. The number of amides is 1. The molecule has 2 unspecified atom stereocenters. The molecule has 2 atom stereocenters. The van der Waals surface area contributed by atoms with Gasteiger partial charge in [0, 0.05) is 22.9 Å². The molecule has 0 spiro atoms. The molecule has 1 fully saturated rings. The van der Waals surface area contributed by atoms with Crippen LogP contribution in [-0.2, 0) is 0 Å². The van der Waals surface area contributed by atoms with Crippen LogP contribution in [0.25, 0.3) is 22.0 Å². The van der Waals surface area contributed by atoms with Crippen LogP contribution in [0.15, 0.2) is 72.1 Å². The largest absolute Gasteiger partial charge is 0.488 e. The minimum Gasteiger partial charge on any atom is -0.488 e. The molecule has 3 aromatic carbocycles. The number of piperidine rings is 1. The molecule has 1 aliphatic rings.